The molecule has 4 heteroatoms. The fourth-order valence-corrected chi connectivity index (χ4v) is 8.81. The van der Waals surface area contributed by atoms with Crippen molar-refractivity contribution in [2.75, 3.05) is 13.1 Å². The Kier molecular flexibility index (Phi) is 42.4. The minimum Gasteiger partial charge on any atom is -0.284 e. The maximum atomic E-state index is 5.26. The third-order valence-electron chi connectivity index (χ3n) is 12.8. The lowest BCUT2D eigenvalue weighted by Crippen LogP contribution is -2.30. The van der Waals surface area contributed by atoms with Crippen molar-refractivity contribution in [3.05, 3.63) is 11.6 Å². The molecule has 0 fully saturated rings. The molecular formula is C53H106N4. The summed E-state index contributed by atoms with van der Waals surface area (Å²) in [6, 6.07) is 0. The summed E-state index contributed by atoms with van der Waals surface area (Å²) in [5.41, 5.74) is 0. The molecule has 0 bridgehead atoms. The van der Waals surface area contributed by atoms with E-state index in [0.717, 1.165) is 25.3 Å². The summed E-state index contributed by atoms with van der Waals surface area (Å²) in [5.74, 6) is 2.40. The topological polar surface area (TPSA) is 34.0 Å². The SMILES string of the molecule is CCCCCCCCCCCCCN(CCCCCCCCCCCCC)Cn1nc(CCCCCCCCCCCC)nc1CCCCCCCCCCCC. The van der Waals surface area contributed by atoms with Crippen molar-refractivity contribution in [3.8, 4) is 0 Å². The molecule has 0 atom stereocenters. The molecule has 0 aliphatic rings. The Morgan fingerprint density at radius 3 is 0.895 bits per heavy atom. The Labute approximate surface area is 360 Å². The van der Waals surface area contributed by atoms with Crippen LogP contribution in [0.5, 0.6) is 0 Å². The van der Waals surface area contributed by atoms with E-state index in [1.54, 1.807) is 0 Å². The molecule has 0 aliphatic heterocycles. The van der Waals surface area contributed by atoms with Crippen molar-refractivity contribution in [3.63, 3.8) is 0 Å². The first kappa shape index (κ1) is 54.1. The third kappa shape index (κ3) is 36.7. The highest BCUT2D eigenvalue weighted by Crippen LogP contribution is 2.17. The highest BCUT2D eigenvalue weighted by atomic mass is 15.4. The molecule has 1 aromatic rings. The second-order valence-corrected chi connectivity index (χ2v) is 18.6. The van der Waals surface area contributed by atoms with Crippen molar-refractivity contribution < 1.29 is 0 Å². The normalized spacial score (nSPS) is 11.8. The van der Waals surface area contributed by atoms with Crippen molar-refractivity contribution in [2.24, 2.45) is 0 Å². The van der Waals surface area contributed by atoms with Gasteiger partial charge < -0.3 is 0 Å². The lowest BCUT2D eigenvalue weighted by atomic mass is 10.1. The van der Waals surface area contributed by atoms with Gasteiger partial charge in [-0.05, 0) is 38.8 Å². The lowest BCUT2D eigenvalue weighted by Gasteiger charge is -2.23. The van der Waals surface area contributed by atoms with Gasteiger partial charge in [0.1, 0.15) is 5.82 Å². The van der Waals surface area contributed by atoms with Gasteiger partial charge in [-0.15, -0.1) is 0 Å². The van der Waals surface area contributed by atoms with Gasteiger partial charge in [-0.2, -0.15) is 5.10 Å². The molecule has 0 radical (unpaired) electrons. The van der Waals surface area contributed by atoms with E-state index in [1.807, 2.05) is 0 Å². The van der Waals surface area contributed by atoms with Gasteiger partial charge in [0.2, 0.25) is 0 Å². The Balaban J connectivity index is 2.68. The summed E-state index contributed by atoms with van der Waals surface area (Å²) >= 11 is 0. The second kappa shape index (κ2) is 44.6. The zero-order valence-corrected chi connectivity index (χ0v) is 40.0. The van der Waals surface area contributed by atoms with Crippen LogP contribution in [0.4, 0.5) is 0 Å². The van der Waals surface area contributed by atoms with Crippen molar-refractivity contribution in [1.29, 1.82) is 0 Å². The maximum absolute atomic E-state index is 5.26. The van der Waals surface area contributed by atoms with Crippen molar-refractivity contribution in [1.82, 2.24) is 19.7 Å². The van der Waals surface area contributed by atoms with E-state index in [9.17, 15) is 0 Å². The quantitative estimate of drug-likeness (QED) is 0.0616. The molecule has 4 nitrogen and oxygen atoms in total. The zero-order valence-electron chi connectivity index (χ0n) is 40.0. The summed E-state index contributed by atoms with van der Waals surface area (Å²) in [7, 11) is 0. The molecule has 1 heterocycles. The molecule has 0 aromatic carbocycles. The van der Waals surface area contributed by atoms with Crippen LogP contribution in [0, 0.1) is 0 Å². The number of aryl methyl sites for hydroxylation is 2. The van der Waals surface area contributed by atoms with Gasteiger partial charge in [0.15, 0.2) is 5.82 Å². The second-order valence-electron chi connectivity index (χ2n) is 18.6. The number of aromatic nitrogens is 3. The van der Waals surface area contributed by atoms with Crippen LogP contribution in [0.25, 0.3) is 0 Å². The first-order valence-electron chi connectivity index (χ1n) is 26.9. The van der Waals surface area contributed by atoms with Gasteiger partial charge in [-0.3, -0.25) is 4.90 Å². The fraction of sp³-hybridized carbons (Fsp3) is 0.962. The molecule has 0 aliphatic carbocycles. The zero-order chi connectivity index (χ0) is 41.0. The third-order valence-corrected chi connectivity index (χ3v) is 12.8. The minimum atomic E-state index is 0.952. The molecule has 338 valence electrons. The van der Waals surface area contributed by atoms with Crippen LogP contribution in [0.1, 0.15) is 309 Å². The predicted octanol–water partition coefficient (Wildman–Crippen LogP) is 18.1. The molecule has 0 saturated heterocycles. The molecule has 0 spiro atoms. The molecule has 0 saturated carbocycles. The van der Waals surface area contributed by atoms with Crippen LogP contribution in [0.3, 0.4) is 0 Å². The van der Waals surface area contributed by atoms with Gasteiger partial charge in [-0.1, -0.05) is 272 Å². The van der Waals surface area contributed by atoms with Crippen LogP contribution >= 0.6 is 0 Å². The first-order chi connectivity index (χ1) is 28.2. The molecule has 1 aromatic heterocycles. The minimum absolute atomic E-state index is 0.952. The average molecular weight is 799 g/mol. The molecule has 1 rings (SSSR count). The van der Waals surface area contributed by atoms with Gasteiger partial charge >= 0.3 is 0 Å². The van der Waals surface area contributed by atoms with Gasteiger partial charge in [0, 0.05) is 12.8 Å². The highest BCUT2D eigenvalue weighted by Gasteiger charge is 2.14. The number of unbranched alkanes of at least 4 members (excludes halogenated alkanes) is 38. The van der Waals surface area contributed by atoms with Gasteiger partial charge in [0.25, 0.3) is 0 Å². The van der Waals surface area contributed by atoms with Crippen LogP contribution in [-0.4, -0.2) is 32.8 Å². The Bertz CT molecular complexity index is 869. The standard InChI is InChI=1S/C53H106N4/c1-5-9-13-17-21-25-29-33-37-41-45-49-56(50-46-42-38-34-30-26-22-18-14-10-6-2)51-57-53(48-44-40-36-32-28-24-20-16-12-8-4)54-52(55-57)47-43-39-35-31-27-23-19-15-11-7-3/h5-51H2,1-4H3. The Hall–Kier alpha value is -0.900. The number of rotatable bonds is 48. The molecular weight excluding hydrogens is 693 g/mol. The monoisotopic (exact) mass is 799 g/mol. The maximum Gasteiger partial charge on any atom is 0.151 e. The predicted molar refractivity (Wildman–Crippen MR) is 256 cm³/mol. The molecule has 57 heavy (non-hydrogen) atoms. The van der Waals surface area contributed by atoms with E-state index in [4.69, 9.17) is 10.1 Å². The van der Waals surface area contributed by atoms with Crippen molar-refractivity contribution in [2.45, 2.75) is 317 Å². The summed E-state index contributed by atoms with van der Waals surface area (Å²) in [4.78, 5) is 8.03. The van der Waals surface area contributed by atoms with Crippen LogP contribution in [0.2, 0.25) is 0 Å². The molecule has 0 unspecified atom stereocenters. The van der Waals surface area contributed by atoms with E-state index in [2.05, 4.69) is 37.3 Å². The number of nitrogens with zero attached hydrogens (tertiary/aromatic N) is 4. The smallest absolute Gasteiger partial charge is 0.151 e. The van der Waals surface area contributed by atoms with E-state index < -0.39 is 0 Å². The largest absolute Gasteiger partial charge is 0.284 e. The summed E-state index contributed by atoms with van der Waals surface area (Å²) < 4.78 is 2.37. The van der Waals surface area contributed by atoms with Crippen LogP contribution < -0.4 is 0 Å². The van der Waals surface area contributed by atoms with Gasteiger partial charge in [0.05, 0.1) is 6.67 Å². The van der Waals surface area contributed by atoms with E-state index in [1.165, 1.54) is 289 Å². The van der Waals surface area contributed by atoms with E-state index in [-0.39, 0.29) is 0 Å². The van der Waals surface area contributed by atoms with E-state index in [0.29, 0.717) is 0 Å². The van der Waals surface area contributed by atoms with Crippen LogP contribution in [-0.2, 0) is 19.5 Å². The van der Waals surface area contributed by atoms with Crippen molar-refractivity contribution >= 4 is 0 Å². The number of hydrogen-bond donors (Lipinski definition) is 0. The Morgan fingerprint density at radius 2 is 0.579 bits per heavy atom. The Morgan fingerprint density at radius 1 is 0.316 bits per heavy atom. The van der Waals surface area contributed by atoms with E-state index >= 15 is 0 Å². The molecule has 0 N–H and O–H groups in total. The summed E-state index contributed by atoms with van der Waals surface area (Å²) in [6.45, 7) is 12.7. The molecule has 0 amide bonds. The van der Waals surface area contributed by atoms with Gasteiger partial charge in [-0.25, -0.2) is 9.67 Å². The summed E-state index contributed by atoms with van der Waals surface area (Å²) in [5, 5.41) is 5.26. The average Bonchev–Trinajstić information content (AvgIpc) is 3.60. The highest BCUT2D eigenvalue weighted by molar-refractivity contribution is 4.94. The summed E-state index contributed by atoms with van der Waals surface area (Å²) in [6.07, 6.45) is 61.1. The first-order valence-corrected chi connectivity index (χ1v) is 26.9. The lowest BCUT2D eigenvalue weighted by molar-refractivity contribution is 0.194. The van der Waals surface area contributed by atoms with Crippen LogP contribution in [0.15, 0.2) is 0 Å². The fourth-order valence-electron chi connectivity index (χ4n) is 8.81. The number of hydrogen-bond acceptors (Lipinski definition) is 3.